The molecule has 1 aromatic rings. The molecular formula is C14H14Cl2N2O4. The lowest BCUT2D eigenvalue weighted by molar-refractivity contribution is -0.141. The molecule has 0 aliphatic heterocycles. The highest BCUT2D eigenvalue weighted by Gasteiger charge is 2.19. The van der Waals surface area contributed by atoms with Gasteiger partial charge in [0, 0.05) is 22.5 Å². The molecule has 0 bridgehead atoms. The summed E-state index contributed by atoms with van der Waals surface area (Å²) < 4.78 is 0. The Hall–Kier alpha value is -2.05. The molecule has 0 saturated heterocycles. The molecule has 0 saturated carbocycles. The molecule has 0 spiro atoms. The summed E-state index contributed by atoms with van der Waals surface area (Å²) in [5.74, 6) is -2.50. The predicted molar refractivity (Wildman–Crippen MR) is 83.5 cm³/mol. The monoisotopic (exact) mass is 344 g/mol. The fraction of sp³-hybridized carbons (Fsp3) is 0.214. The van der Waals surface area contributed by atoms with Crippen LogP contribution in [0.15, 0.2) is 24.3 Å². The summed E-state index contributed by atoms with van der Waals surface area (Å²) in [7, 11) is 0. The maximum atomic E-state index is 11.7. The molecular weight excluding hydrogens is 331 g/mol. The number of carbonyl (C=O) groups excluding carboxylic acids is 2. The van der Waals surface area contributed by atoms with E-state index >= 15 is 0 Å². The Labute approximate surface area is 136 Å². The minimum Gasteiger partial charge on any atom is -0.480 e. The fourth-order valence-electron chi connectivity index (χ4n) is 1.57. The molecule has 1 unspecified atom stereocenters. The lowest BCUT2D eigenvalue weighted by Crippen LogP contribution is -2.40. The van der Waals surface area contributed by atoms with Gasteiger partial charge in [-0.05, 0) is 30.2 Å². The Bertz CT molecular complexity index is 617. The van der Waals surface area contributed by atoms with Crippen LogP contribution >= 0.6 is 23.2 Å². The summed E-state index contributed by atoms with van der Waals surface area (Å²) in [6.07, 6.45) is 2.37. The first-order valence-corrected chi connectivity index (χ1v) is 7.00. The number of nitrogens with two attached hydrogens (primary N) is 1. The molecule has 0 aromatic heterocycles. The Balaban J connectivity index is 2.68. The molecule has 118 valence electrons. The third-order valence-electron chi connectivity index (χ3n) is 2.67. The van der Waals surface area contributed by atoms with Crippen LogP contribution < -0.4 is 11.1 Å². The van der Waals surface area contributed by atoms with Gasteiger partial charge in [0.25, 0.3) is 0 Å². The van der Waals surface area contributed by atoms with Gasteiger partial charge in [-0.15, -0.1) is 0 Å². The van der Waals surface area contributed by atoms with Crippen molar-refractivity contribution in [1.82, 2.24) is 5.32 Å². The normalized spacial score (nSPS) is 12.1. The smallest absolute Gasteiger partial charge is 0.326 e. The first-order chi connectivity index (χ1) is 10.3. The Morgan fingerprint density at radius 2 is 2.00 bits per heavy atom. The van der Waals surface area contributed by atoms with Crippen LogP contribution in [-0.4, -0.2) is 28.9 Å². The van der Waals surface area contributed by atoms with Crippen molar-refractivity contribution in [3.05, 3.63) is 39.9 Å². The maximum absolute atomic E-state index is 11.7. The molecule has 0 fully saturated rings. The summed E-state index contributed by atoms with van der Waals surface area (Å²) in [4.78, 5) is 33.4. The van der Waals surface area contributed by atoms with Gasteiger partial charge in [0.15, 0.2) is 0 Å². The quantitative estimate of drug-likeness (QED) is 0.655. The number of hydrogen-bond acceptors (Lipinski definition) is 3. The van der Waals surface area contributed by atoms with Crippen LogP contribution in [0.25, 0.3) is 6.08 Å². The number of carboxylic acid groups (broad SMARTS) is 1. The number of benzene rings is 1. The number of hydrogen-bond donors (Lipinski definition) is 3. The molecule has 1 atom stereocenters. The SMILES string of the molecule is NC(=O)CCC(NC(=O)/C=C/c1ccc(Cl)cc1Cl)C(=O)O. The van der Waals surface area contributed by atoms with Crippen molar-refractivity contribution in [2.24, 2.45) is 5.73 Å². The van der Waals surface area contributed by atoms with Gasteiger partial charge in [0.1, 0.15) is 6.04 Å². The van der Waals surface area contributed by atoms with Gasteiger partial charge in [0.2, 0.25) is 11.8 Å². The zero-order valence-corrected chi connectivity index (χ0v) is 12.9. The van der Waals surface area contributed by atoms with Gasteiger partial charge >= 0.3 is 5.97 Å². The van der Waals surface area contributed by atoms with Crippen LogP contribution in [0, 0.1) is 0 Å². The number of primary amides is 1. The number of carbonyl (C=O) groups is 3. The largest absolute Gasteiger partial charge is 0.480 e. The van der Waals surface area contributed by atoms with Gasteiger partial charge in [-0.2, -0.15) is 0 Å². The maximum Gasteiger partial charge on any atom is 0.326 e. The minimum absolute atomic E-state index is 0.0774. The summed E-state index contributed by atoms with van der Waals surface area (Å²) in [6.45, 7) is 0. The molecule has 1 aromatic carbocycles. The Morgan fingerprint density at radius 3 is 2.55 bits per heavy atom. The molecule has 0 aliphatic carbocycles. The third kappa shape index (κ3) is 6.15. The molecule has 1 rings (SSSR count). The van der Waals surface area contributed by atoms with Crippen LogP contribution in [-0.2, 0) is 14.4 Å². The topological polar surface area (TPSA) is 109 Å². The molecule has 2 amide bonds. The van der Waals surface area contributed by atoms with E-state index < -0.39 is 23.8 Å². The molecule has 0 heterocycles. The van der Waals surface area contributed by atoms with Gasteiger partial charge < -0.3 is 16.2 Å². The first-order valence-electron chi connectivity index (χ1n) is 6.24. The van der Waals surface area contributed by atoms with E-state index in [0.29, 0.717) is 15.6 Å². The van der Waals surface area contributed by atoms with Crippen LogP contribution in [0.5, 0.6) is 0 Å². The second-order valence-electron chi connectivity index (χ2n) is 4.40. The van der Waals surface area contributed by atoms with Crippen molar-refractivity contribution in [3.63, 3.8) is 0 Å². The minimum atomic E-state index is -1.24. The van der Waals surface area contributed by atoms with Crippen molar-refractivity contribution in [2.45, 2.75) is 18.9 Å². The number of nitrogens with one attached hydrogen (secondary N) is 1. The molecule has 6 nitrogen and oxygen atoms in total. The average Bonchev–Trinajstić information content (AvgIpc) is 2.41. The lowest BCUT2D eigenvalue weighted by atomic mass is 10.1. The Morgan fingerprint density at radius 1 is 1.32 bits per heavy atom. The van der Waals surface area contributed by atoms with E-state index in [1.165, 1.54) is 12.1 Å². The van der Waals surface area contributed by atoms with Gasteiger partial charge in [-0.1, -0.05) is 29.3 Å². The van der Waals surface area contributed by atoms with E-state index in [9.17, 15) is 14.4 Å². The van der Waals surface area contributed by atoms with Crippen LogP contribution in [0.2, 0.25) is 10.0 Å². The van der Waals surface area contributed by atoms with E-state index in [1.807, 2.05) is 0 Å². The second-order valence-corrected chi connectivity index (χ2v) is 5.25. The predicted octanol–water partition coefficient (Wildman–Crippen LogP) is 1.84. The van der Waals surface area contributed by atoms with Crippen molar-refractivity contribution in [1.29, 1.82) is 0 Å². The summed E-state index contributed by atoms with van der Waals surface area (Å²) in [6, 6.07) is 3.56. The average molecular weight is 345 g/mol. The van der Waals surface area contributed by atoms with Crippen molar-refractivity contribution in [3.8, 4) is 0 Å². The van der Waals surface area contributed by atoms with E-state index in [4.69, 9.17) is 34.0 Å². The number of rotatable bonds is 7. The Kier molecular flexibility index (Phi) is 6.88. The molecule has 4 N–H and O–H groups in total. The van der Waals surface area contributed by atoms with E-state index in [2.05, 4.69) is 5.32 Å². The highest BCUT2D eigenvalue weighted by atomic mass is 35.5. The van der Waals surface area contributed by atoms with Gasteiger partial charge in [-0.3, -0.25) is 9.59 Å². The summed E-state index contributed by atoms with van der Waals surface area (Å²) in [5, 5.41) is 12.1. The highest BCUT2D eigenvalue weighted by Crippen LogP contribution is 2.21. The van der Waals surface area contributed by atoms with Crippen molar-refractivity contribution in [2.75, 3.05) is 0 Å². The zero-order valence-electron chi connectivity index (χ0n) is 11.4. The van der Waals surface area contributed by atoms with E-state index in [1.54, 1.807) is 12.1 Å². The third-order valence-corrected chi connectivity index (χ3v) is 3.23. The number of carboxylic acids is 1. The standard InChI is InChI=1S/C14H14Cl2N2O4/c15-9-3-1-8(10(16)7-9)2-6-13(20)18-11(14(21)22)4-5-12(17)19/h1-3,6-7,11H,4-5H2,(H2,17,19)(H,18,20)(H,21,22)/b6-2+. The highest BCUT2D eigenvalue weighted by molar-refractivity contribution is 6.35. The van der Waals surface area contributed by atoms with Crippen LogP contribution in [0.3, 0.4) is 0 Å². The van der Waals surface area contributed by atoms with Crippen molar-refractivity contribution < 1.29 is 19.5 Å². The van der Waals surface area contributed by atoms with Crippen molar-refractivity contribution >= 4 is 47.1 Å². The van der Waals surface area contributed by atoms with Crippen LogP contribution in [0.1, 0.15) is 18.4 Å². The first kappa shape index (κ1) is 18.0. The van der Waals surface area contributed by atoms with E-state index in [0.717, 1.165) is 6.08 Å². The number of amides is 2. The second kappa shape index (κ2) is 8.41. The molecule has 22 heavy (non-hydrogen) atoms. The van der Waals surface area contributed by atoms with E-state index in [-0.39, 0.29) is 12.8 Å². The van der Waals surface area contributed by atoms with Gasteiger partial charge in [0.05, 0.1) is 0 Å². The lowest BCUT2D eigenvalue weighted by Gasteiger charge is -2.11. The molecule has 8 heteroatoms. The summed E-state index contributed by atoms with van der Waals surface area (Å²) in [5.41, 5.74) is 5.51. The molecule has 0 radical (unpaired) electrons. The molecule has 0 aliphatic rings. The zero-order chi connectivity index (χ0) is 16.7. The fourth-order valence-corrected chi connectivity index (χ4v) is 2.04. The number of aliphatic carboxylic acids is 1. The number of halogens is 2. The summed E-state index contributed by atoms with van der Waals surface area (Å²) >= 11 is 11.7. The van der Waals surface area contributed by atoms with Gasteiger partial charge in [-0.25, -0.2) is 4.79 Å². The van der Waals surface area contributed by atoms with Crippen LogP contribution in [0.4, 0.5) is 0 Å².